The summed E-state index contributed by atoms with van der Waals surface area (Å²) in [5, 5.41) is 34.7. The van der Waals surface area contributed by atoms with E-state index in [1.165, 1.54) is 40.2 Å². The summed E-state index contributed by atoms with van der Waals surface area (Å²) in [6.07, 6.45) is 2.88. The molecule has 6 amide bonds. The van der Waals surface area contributed by atoms with E-state index >= 15 is 0 Å². The Morgan fingerprint density at radius 3 is 1.87 bits per heavy atom. The number of nitrogens with two attached hydrogens (primary N) is 2. The quantitative estimate of drug-likeness (QED) is 0.0525. The van der Waals surface area contributed by atoms with Gasteiger partial charge in [0.05, 0.1) is 18.5 Å². The molecule has 0 radical (unpaired) electrons. The van der Waals surface area contributed by atoms with Crippen molar-refractivity contribution in [2.45, 2.75) is 142 Å². The molecule has 0 aromatic carbocycles. The summed E-state index contributed by atoms with van der Waals surface area (Å²) in [5.41, 5.74) is 10.7. The molecule has 1 aromatic rings. The Bertz CT molecular complexity index is 1400. The number of aromatic nitrogens is 2. The highest BCUT2D eigenvalue weighted by molar-refractivity contribution is 5.98. The first-order valence-electron chi connectivity index (χ1n) is 18.3. The Hall–Kier alpha value is -4.62. The fourth-order valence-corrected chi connectivity index (χ4v) is 5.27. The van der Waals surface area contributed by atoms with E-state index in [0.717, 1.165) is 0 Å². The fourth-order valence-electron chi connectivity index (χ4n) is 5.27. The lowest BCUT2D eigenvalue weighted by molar-refractivity contribution is -0.142. The van der Waals surface area contributed by atoms with Gasteiger partial charge in [-0.05, 0) is 78.2 Å². The monoisotopic (exact) mass is 766 g/mol. The molecule has 19 nitrogen and oxygen atoms in total. The number of aliphatic carboxylic acids is 1. The summed E-state index contributed by atoms with van der Waals surface area (Å²) >= 11 is 0. The fraction of sp³-hybridized carbons (Fsp3) is 0.714. The standard InChI is InChI=1S/C35H62N10O9/c1-18(2)13-23(37)28(47)45-35(7,8)34(54)43-24(11-9-10-12-36)29(48)41-25(14-19(3)4)30(49)42-26(15-22-16-38-17-39-22)31(50)44-27(21(6)46)32(51)40-20(5)33(52)53/h16-21,23-27,46H,9-15,36-37H2,1-8H3,(H,38,39)(H,40,51)(H,41,48)(H,42,49)(H,43,54)(H,44,50)(H,45,47)(H,52,53)/t20-,21+,23-,24-,25-,26-,27-/m0/s1. The Morgan fingerprint density at radius 1 is 0.778 bits per heavy atom. The van der Waals surface area contributed by atoms with Crippen molar-refractivity contribution in [2.75, 3.05) is 6.54 Å². The Labute approximate surface area is 316 Å². The molecular weight excluding hydrogens is 704 g/mol. The van der Waals surface area contributed by atoms with Crippen molar-refractivity contribution in [1.29, 1.82) is 0 Å². The molecule has 7 atom stereocenters. The number of aliphatic hydroxyl groups excluding tert-OH is 1. The van der Waals surface area contributed by atoms with Gasteiger partial charge in [-0.1, -0.05) is 27.7 Å². The molecule has 0 unspecified atom stereocenters. The number of nitrogens with zero attached hydrogens (tertiary/aromatic N) is 1. The number of rotatable bonds is 24. The Morgan fingerprint density at radius 2 is 1.35 bits per heavy atom. The van der Waals surface area contributed by atoms with Gasteiger partial charge in [0.15, 0.2) is 0 Å². The van der Waals surface area contributed by atoms with Crippen molar-refractivity contribution in [1.82, 2.24) is 41.9 Å². The second-order valence-corrected chi connectivity index (χ2v) is 15.0. The van der Waals surface area contributed by atoms with Crippen molar-refractivity contribution >= 4 is 41.4 Å². The molecule has 0 bridgehead atoms. The van der Waals surface area contributed by atoms with Gasteiger partial charge >= 0.3 is 5.97 Å². The van der Waals surface area contributed by atoms with E-state index in [0.29, 0.717) is 31.5 Å². The highest BCUT2D eigenvalue weighted by atomic mass is 16.4. The predicted octanol–water partition coefficient (Wildman–Crippen LogP) is -1.70. The van der Waals surface area contributed by atoms with Gasteiger partial charge in [-0.3, -0.25) is 33.6 Å². The van der Waals surface area contributed by atoms with E-state index in [-0.39, 0.29) is 31.1 Å². The first kappa shape index (κ1) is 47.4. The molecule has 19 heteroatoms. The number of H-pyrrole nitrogens is 1. The number of hydrogen-bond acceptors (Lipinski definition) is 11. The van der Waals surface area contributed by atoms with Gasteiger partial charge in [-0.25, -0.2) is 4.98 Å². The van der Waals surface area contributed by atoms with E-state index in [2.05, 4.69) is 41.9 Å². The van der Waals surface area contributed by atoms with Gasteiger partial charge in [0.2, 0.25) is 35.4 Å². The van der Waals surface area contributed by atoms with Crippen LogP contribution in [-0.4, -0.2) is 116 Å². The van der Waals surface area contributed by atoms with Gasteiger partial charge in [-0.15, -0.1) is 0 Å². The zero-order valence-electron chi connectivity index (χ0n) is 32.7. The molecule has 0 aliphatic carbocycles. The SMILES string of the molecule is CC(C)C[C@H](NC(=O)[C@H](CCCCN)NC(=O)C(C)(C)NC(=O)[C@@H](N)CC(C)C)C(=O)N[C@@H](Cc1cnc[nH]1)C(=O)N[C@H](C(=O)N[C@@H](C)C(=O)O)[C@@H](C)O. The molecule has 54 heavy (non-hydrogen) atoms. The summed E-state index contributed by atoms with van der Waals surface area (Å²) in [4.78, 5) is 98.3. The molecule has 0 aliphatic heterocycles. The summed E-state index contributed by atoms with van der Waals surface area (Å²) < 4.78 is 0. The largest absolute Gasteiger partial charge is 0.480 e. The average Bonchev–Trinajstić information content (AvgIpc) is 3.58. The molecule has 0 saturated heterocycles. The molecular formula is C35H62N10O9. The molecule has 13 N–H and O–H groups in total. The highest BCUT2D eigenvalue weighted by Crippen LogP contribution is 2.12. The molecule has 1 rings (SSSR count). The molecule has 1 heterocycles. The van der Waals surface area contributed by atoms with E-state index in [9.17, 15) is 43.8 Å². The summed E-state index contributed by atoms with van der Waals surface area (Å²) in [7, 11) is 0. The topological polar surface area (TPSA) is 313 Å². The first-order chi connectivity index (χ1) is 25.1. The number of hydrogen-bond donors (Lipinski definition) is 11. The van der Waals surface area contributed by atoms with Crippen molar-refractivity contribution in [2.24, 2.45) is 23.3 Å². The van der Waals surface area contributed by atoms with Crippen molar-refractivity contribution in [3.05, 3.63) is 18.2 Å². The third kappa shape index (κ3) is 16.6. The smallest absolute Gasteiger partial charge is 0.325 e. The number of aliphatic hydroxyl groups is 1. The summed E-state index contributed by atoms with van der Waals surface area (Å²) in [5.74, 6) is -5.79. The van der Waals surface area contributed by atoms with E-state index < -0.39 is 89.3 Å². The van der Waals surface area contributed by atoms with Gasteiger partial charge in [0.1, 0.15) is 35.7 Å². The van der Waals surface area contributed by atoms with E-state index in [4.69, 9.17) is 11.5 Å². The highest BCUT2D eigenvalue weighted by Gasteiger charge is 2.36. The number of carboxylic acid groups (broad SMARTS) is 1. The second-order valence-electron chi connectivity index (χ2n) is 15.0. The van der Waals surface area contributed by atoms with Crippen LogP contribution in [0.15, 0.2) is 12.5 Å². The van der Waals surface area contributed by atoms with E-state index in [1.54, 1.807) is 0 Å². The number of carbonyl (C=O) groups excluding carboxylic acids is 6. The maximum atomic E-state index is 13.9. The van der Waals surface area contributed by atoms with Crippen molar-refractivity contribution < 1.29 is 43.8 Å². The number of carboxylic acids is 1. The van der Waals surface area contributed by atoms with Gasteiger partial charge in [-0.2, -0.15) is 0 Å². The lowest BCUT2D eigenvalue weighted by atomic mass is 9.98. The van der Waals surface area contributed by atoms with Crippen LogP contribution in [0.4, 0.5) is 0 Å². The van der Waals surface area contributed by atoms with Crippen LogP contribution in [0.2, 0.25) is 0 Å². The minimum Gasteiger partial charge on any atom is -0.480 e. The lowest BCUT2D eigenvalue weighted by Crippen LogP contribution is -2.62. The minimum atomic E-state index is -1.58. The van der Waals surface area contributed by atoms with Crippen LogP contribution in [0.5, 0.6) is 0 Å². The number of amides is 6. The van der Waals surface area contributed by atoms with Gasteiger partial charge in [0.25, 0.3) is 0 Å². The summed E-state index contributed by atoms with van der Waals surface area (Å²) in [6.45, 7) is 13.2. The van der Waals surface area contributed by atoms with Crippen LogP contribution >= 0.6 is 0 Å². The van der Waals surface area contributed by atoms with Crippen LogP contribution in [0.3, 0.4) is 0 Å². The number of unbranched alkanes of at least 4 members (excludes halogenated alkanes) is 1. The zero-order valence-corrected chi connectivity index (χ0v) is 32.7. The van der Waals surface area contributed by atoms with Crippen LogP contribution in [0.1, 0.15) is 93.2 Å². The molecule has 0 spiro atoms. The number of imidazole rings is 1. The van der Waals surface area contributed by atoms with Crippen LogP contribution in [0, 0.1) is 11.8 Å². The van der Waals surface area contributed by atoms with Crippen LogP contribution in [0.25, 0.3) is 0 Å². The molecule has 0 saturated carbocycles. The molecule has 306 valence electrons. The minimum absolute atomic E-state index is 0.126. The third-order valence-electron chi connectivity index (χ3n) is 8.38. The Kier molecular flexibility index (Phi) is 19.8. The second kappa shape index (κ2) is 22.6. The van der Waals surface area contributed by atoms with Crippen molar-refractivity contribution in [3.63, 3.8) is 0 Å². The van der Waals surface area contributed by atoms with Gasteiger partial charge in [0, 0.05) is 18.3 Å². The van der Waals surface area contributed by atoms with Gasteiger partial charge < -0.3 is 58.6 Å². The van der Waals surface area contributed by atoms with Crippen LogP contribution in [-0.2, 0) is 40.0 Å². The molecule has 0 aliphatic rings. The maximum absolute atomic E-state index is 13.9. The van der Waals surface area contributed by atoms with Crippen molar-refractivity contribution in [3.8, 4) is 0 Å². The van der Waals surface area contributed by atoms with E-state index in [1.807, 2.05) is 27.7 Å². The lowest BCUT2D eigenvalue weighted by Gasteiger charge is -2.30. The maximum Gasteiger partial charge on any atom is 0.325 e. The summed E-state index contributed by atoms with van der Waals surface area (Å²) in [6, 6.07) is -7.43. The number of carbonyl (C=O) groups is 7. The third-order valence-corrected chi connectivity index (χ3v) is 8.38. The average molecular weight is 767 g/mol. The number of aromatic amines is 1. The zero-order chi connectivity index (χ0) is 41.3. The normalized spacial score (nSPS) is 15.5. The predicted molar refractivity (Wildman–Crippen MR) is 199 cm³/mol. The Balaban J connectivity index is 3.31. The number of nitrogens with one attached hydrogen (secondary N) is 7. The molecule has 0 fully saturated rings. The first-order valence-corrected chi connectivity index (χ1v) is 18.3. The molecule has 1 aromatic heterocycles. The van der Waals surface area contributed by atoms with Crippen LogP contribution < -0.4 is 43.4 Å².